The number of hydrogen-bond acceptors (Lipinski definition) is 6. The number of carbonyl (C=O) groups excluding carboxylic acids is 3. The van der Waals surface area contributed by atoms with Crippen molar-refractivity contribution in [1.82, 2.24) is 14.7 Å². The average Bonchev–Trinajstić information content (AvgIpc) is 2.72. The number of likely N-dealkylation sites (N-methyl/N-ethyl adjacent to an activating group) is 1. The van der Waals surface area contributed by atoms with Crippen molar-refractivity contribution in [2.75, 3.05) is 59.2 Å². The molecule has 0 bridgehead atoms. The van der Waals surface area contributed by atoms with E-state index in [1.165, 1.54) is 4.90 Å². The minimum atomic E-state index is -0.528. The molecule has 1 aliphatic heterocycles. The van der Waals surface area contributed by atoms with Crippen molar-refractivity contribution in [2.24, 2.45) is 5.92 Å². The fourth-order valence-electron chi connectivity index (χ4n) is 3.76. The molecule has 1 N–H and O–H groups in total. The van der Waals surface area contributed by atoms with Crippen LogP contribution in [0.15, 0.2) is 24.3 Å². The zero-order chi connectivity index (χ0) is 24.6. The Hall–Kier alpha value is -2.81. The van der Waals surface area contributed by atoms with E-state index in [0.29, 0.717) is 18.0 Å². The van der Waals surface area contributed by atoms with E-state index in [4.69, 9.17) is 9.47 Å². The molecule has 33 heavy (non-hydrogen) atoms. The van der Waals surface area contributed by atoms with Crippen LogP contribution in [0.25, 0.3) is 0 Å². The molecule has 9 heteroatoms. The lowest BCUT2D eigenvalue weighted by molar-refractivity contribution is -0.134. The predicted octanol–water partition coefficient (Wildman–Crippen LogP) is 2.67. The van der Waals surface area contributed by atoms with Gasteiger partial charge in [-0.15, -0.1) is 0 Å². The van der Waals surface area contributed by atoms with Gasteiger partial charge >= 0.3 is 6.09 Å². The second kappa shape index (κ2) is 11.9. The van der Waals surface area contributed by atoms with Crippen LogP contribution in [0.1, 0.15) is 33.6 Å². The Balaban J connectivity index is 1.79. The number of piperidine rings is 1. The number of anilines is 1. The summed E-state index contributed by atoms with van der Waals surface area (Å²) < 4.78 is 10.6. The first-order chi connectivity index (χ1) is 15.5. The van der Waals surface area contributed by atoms with Crippen molar-refractivity contribution in [3.05, 3.63) is 24.3 Å². The Morgan fingerprint density at radius 2 is 1.91 bits per heavy atom. The second-order valence-corrected chi connectivity index (χ2v) is 9.63. The maximum absolute atomic E-state index is 12.7. The second-order valence-electron chi connectivity index (χ2n) is 9.63. The standard InChI is InChI=1S/C24H38N4O5/c1-24(2,3)33-23(31)27(5)14-18-9-8-12-28(15-18)17-22(30)26(4)16-21(29)25-19-10-7-11-20(13-19)32-6/h7,10-11,13,18H,8-9,12,14-17H2,1-6H3,(H,25,29). The molecule has 184 valence electrons. The highest BCUT2D eigenvalue weighted by Gasteiger charge is 2.27. The third-order valence-electron chi connectivity index (χ3n) is 5.36. The fourth-order valence-corrected chi connectivity index (χ4v) is 3.76. The maximum Gasteiger partial charge on any atom is 0.410 e. The van der Waals surface area contributed by atoms with Crippen LogP contribution < -0.4 is 10.1 Å². The van der Waals surface area contributed by atoms with Crippen molar-refractivity contribution in [3.8, 4) is 5.75 Å². The molecule has 1 aliphatic rings. The third kappa shape index (κ3) is 9.29. The molecule has 3 amide bonds. The van der Waals surface area contributed by atoms with Gasteiger partial charge in [0, 0.05) is 38.9 Å². The molecule has 1 unspecified atom stereocenters. The van der Waals surface area contributed by atoms with Gasteiger partial charge in [0.2, 0.25) is 11.8 Å². The molecule has 1 aromatic rings. The first-order valence-electron chi connectivity index (χ1n) is 11.3. The number of ether oxygens (including phenoxy) is 2. The first-order valence-corrected chi connectivity index (χ1v) is 11.3. The van der Waals surface area contributed by atoms with Gasteiger partial charge in [-0.2, -0.15) is 0 Å². The lowest BCUT2D eigenvalue weighted by Crippen LogP contribution is -2.47. The van der Waals surface area contributed by atoms with Gasteiger partial charge in [-0.1, -0.05) is 6.07 Å². The van der Waals surface area contributed by atoms with Crippen molar-refractivity contribution in [1.29, 1.82) is 0 Å². The molecule has 1 heterocycles. The zero-order valence-corrected chi connectivity index (χ0v) is 20.7. The van der Waals surface area contributed by atoms with E-state index < -0.39 is 5.60 Å². The fraction of sp³-hybridized carbons (Fsp3) is 0.625. The molecule has 1 aromatic carbocycles. The number of methoxy groups -OCH3 is 1. The maximum atomic E-state index is 12.7. The Labute approximate surface area is 197 Å². The lowest BCUT2D eigenvalue weighted by Gasteiger charge is -2.35. The van der Waals surface area contributed by atoms with Gasteiger partial charge in [-0.05, 0) is 58.2 Å². The van der Waals surface area contributed by atoms with Crippen LogP contribution in [0.4, 0.5) is 10.5 Å². The molecule has 9 nitrogen and oxygen atoms in total. The Kier molecular flexibility index (Phi) is 9.52. The summed E-state index contributed by atoms with van der Waals surface area (Å²) in [5.74, 6) is 0.534. The molecular formula is C24H38N4O5. The monoisotopic (exact) mass is 462 g/mol. The average molecular weight is 463 g/mol. The molecular weight excluding hydrogens is 424 g/mol. The largest absolute Gasteiger partial charge is 0.497 e. The number of likely N-dealkylation sites (tertiary alicyclic amines) is 1. The summed E-state index contributed by atoms with van der Waals surface area (Å²) in [6.45, 7) is 7.88. The van der Waals surface area contributed by atoms with Crippen molar-refractivity contribution in [3.63, 3.8) is 0 Å². The van der Waals surface area contributed by atoms with E-state index in [1.54, 1.807) is 50.4 Å². The highest BCUT2D eigenvalue weighted by atomic mass is 16.6. The molecule has 0 radical (unpaired) electrons. The highest BCUT2D eigenvalue weighted by Crippen LogP contribution is 2.19. The number of rotatable bonds is 8. The molecule has 1 saturated heterocycles. The van der Waals surface area contributed by atoms with Crippen LogP contribution in [-0.2, 0) is 14.3 Å². The number of amides is 3. The number of carbonyl (C=O) groups is 3. The van der Waals surface area contributed by atoms with E-state index in [0.717, 1.165) is 25.9 Å². The van der Waals surface area contributed by atoms with Crippen LogP contribution in [0.3, 0.4) is 0 Å². The SMILES string of the molecule is COc1cccc(NC(=O)CN(C)C(=O)CN2CCCC(CN(C)C(=O)OC(C)(C)C)C2)c1. The Bertz CT molecular complexity index is 823. The van der Waals surface area contributed by atoms with E-state index in [9.17, 15) is 14.4 Å². The predicted molar refractivity (Wildman–Crippen MR) is 127 cm³/mol. The van der Waals surface area contributed by atoms with Crippen LogP contribution in [0.5, 0.6) is 5.75 Å². The summed E-state index contributed by atoms with van der Waals surface area (Å²) in [6, 6.07) is 7.07. The minimum Gasteiger partial charge on any atom is -0.497 e. The van der Waals surface area contributed by atoms with Crippen molar-refractivity contribution >= 4 is 23.6 Å². The van der Waals surface area contributed by atoms with E-state index in [2.05, 4.69) is 10.2 Å². The first kappa shape index (κ1) is 26.4. The lowest BCUT2D eigenvalue weighted by atomic mass is 9.97. The summed E-state index contributed by atoms with van der Waals surface area (Å²) >= 11 is 0. The number of hydrogen-bond donors (Lipinski definition) is 1. The number of benzene rings is 1. The van der Waals surface area contributed by atoms with E-state index in [-0.39, 0.29) is 36.9 Å². The smallest absolute Gasteiger partial charge is 0.410 e. The molecule has 2 rings (SSSR count). The van der Waals surface area contributed by atoms with E-state index >= 15 is 0 Å². The molecule has 0 saturated carbocycles. The van der Waals surface area contributed by atoms with Gasteiger partial charge in [0.1, 0.15) is 11.4 Å². The van der Waals surface area contributed by atoms with Crippen molar-refractivity contribution < 1.29 is 23.9 Å². The van der Waals surface area contributed by atoms with Crippen LogP contribution >= 0.6 is 0 Å². The molecule has 0 aromatic heterocycles. The summed E-state index contributed by atoms with van der Waals surface area (Å²) in [5.41, 5.74) is 0.0907. The van der Waals surface area contributed by atoms with Gasteiger partial charge in [0.15, 0.2) is 0 Å². The third-order valence-corrected chi connectivity index (χ3v) is 5.36. The van der Waals surface area contributed by atoms with Crippen LogP contribution in [0.2, 0.25) is 0 Å². The molecule has 0 spiro atoms. The summed E-state index contributed by atoms with van der Waals surface area (Å²) in [7, 11) is 4.94. The zero-order valence-electron chi connectivity index (χ0n) is 20.7. The summed E-state index contributed by atoms with van der Waals surface area (Å²) in [5, 5.41) is 2.79. The van der Waals surface area contributed by atoms with E-state index in [1.807, 2.05) is 20.8 Å². The highest BCUT2D eigenvalue weighted by molar-refractivity contribution is 5.94. The van der Waals surface area contributed by atoms with Crippen molar-refractivity contribution in [2.45, 2.75) is 39.2 Å². The number of nitrogens with zero attached hydrogens (tertiary/aromatic N) is 3. The molecule has 1 atom stereocenters. The van der Waals surface area contributed by atoms with Gasteiger partial charge in [0.05, 0.1) is 20.2 Å². The molecule has 0 aliphatic carbocycles. The minimum absolute atomic E-state index is 0.0330. The number of nitrogens with one attached hydrogen (secondary N) is 1. The Morgan fingerprint density at radius 1 is 1.18 bits per heavy atom. The quantitative estimate of drug-likeness (QED) is 0.639. The van der Waals surface area contributed by atoms with Gasteiger partial charge in [-0.3, -0.25) is 14.5 Å². The summed E-state index contributed by atoms with van der Waals surface area (Å²) in [6.07, 6.45) is 1.62. The topological polar surface area (TPSA) is 91.4 Å². The van der Waals surface area contributed by atoms with Gasteiger partial charge < -0.3 is 24.6 Å². The normalized spacial score (nSPS) is 16.6. The molecule has 1 fully saturated rings. The van der Waals surface area contributed by atoms with Gasteiger partial charge in [-0.25, -0.2) is 4.79 Å². The Morgan fingerprint density at radius 3 is 2.58 bits per heavy atom. The van der Waals surface area contributed by atoms with Gasteiger partial charge in [0.25, 0.3) is 0 Å². The van der Waals surface area contributed by atoms with Crippen LogP contribution in [0, 0.1) is 5.92 Å². The summed E-state index contributed by atoms with van der Waals surface area (Å²) in [4.78, 5) is 42.4. The van der Waals surface area contributed by atoms with Crippen LogP contribution in [-0.4, -0.2) is 92.1 Å².